The molecule has 0 unspecified atom stereocenters. The Hall–Kier alpha value is -2.67. The summed E-state index contributed by atoms with van der Waals surface area (Å²) in [6.45, 7) is 0. The third-order valence-electron chi connectivity index (χ3n) is 2.55. The van der Waals surface area contributed by atoms with Crippen LogP contribution in [0.15, 0.2) is 63.2 Å². The van der Waals surface area contributed by atoms with Crippen LogP contribution in [-0.4, -0.2) is 18.1 Å². The quantitative estimate of drug-likeness (QED) is 0.287. The monoisotopic (exact) mass is 360 g/mol. The molecule has 7 heteroatoms. The molecule has 0 radical (unpaired) electrons. The van der Waals surface area contributed by atoms with E-state index in [1.165, 1.54) is 6.21 Å². The second kappa shape index (κ2) is 7.37. The minimum absolute atomic E-state index is 0.115. The fourth-order valence-corrected chi connectivity index (χ4v) is 1.80. The highest BCUT2D eigenvalue weighted by Gasteiger charge is 2.07. The molecule has 0 bridgehead atoms. The van der Waals surface area contributed by atoms with E-state index in [9.17, 15) is 4.79 Å². The summed E-state index contributed by atoms with van der Waals surface area (Å²) in [5.41, 5.74) is 11.6. The summed E-state index contributed by atoms with van der Waals surface area (Å²) in [5.74, 6) is -0.0994. The second-order valence-electron chi connectivity index (χ2n) is 4.23. The first-order valence-electron chi connectivity index (χ1n) is 6.24. The third-order valence-corrected chi connectivity index (χ3v) is 3.08. The first-order chi connectivity index (χ1) is 10.5. The number of guanidine groups is 1. The first kappa shape index (κ1) is 15.7. The standard InChI is InChI=1S/C15H13BrN4O2/c16-12-5-3-11(4-6-12)14(21)22-13-7-1-10(2-8-13)9-19-20-15(17)18/h1-9H,(H4,17,18,20)/b19-9-. The Labute approximate surface area is 135 Å². The summed E-state index contributed by atoms with van der Waals surface area (Å²) in [6, 6.07) is 13.7. The van der Waals surface area contributed by atoms with Crippen LogP contribution < -0.4 is 16.2 Å². The number of hydrogen-bond acceptors (Lipinski definition) is 4. The van der Waals surface area contributed by atoms with Crippen molar-refractivity contribution in [3.05, 3.63) is 64.1 Å². The summed E-state index contributed by atoms with van der Waals surface area (Å²) >= 11 is 3.31. The van der Waals surface area contributed by atoms with Crippen LogP contribution in [0, 0.1) is 0 Å². The van der Waals surface area contributed by atoms with Gasteiger partial charge in [-0.15, -0.1) is 5.10 Å². The molecule has 0 saturated heterocycles. The number of ether oxygens (including phenoxy) is 1. The summed E-state index contributed by atoms with van der Waals surface area (Å²) in [6.07, 6.45) is 1.49. The van der Waals surface area contributed by atoms with Crippen molar-refractivity contribution in [3.8, 4) is 5.75 Å². The number of benzene rings is 2. The maximum absolute atomic E-state index is 11.9. The highest BCUT2D eigenvalue weighted by molar-refractivity contribution is 9.10. The van der Waals surface area contributed by atoms with Crippen LogP contribution >= 0.6 is 15.9 Å². The van der Waals surface area contributed by atoms with Crippen molar-refractivity contribution in [1.82, 2.24) is 0 Å². The lowest BCUT2D eigenvalue weighted by molar-refractivity contribution is 0.0735. The molecule has 4 N–H and O–H groups in total. The molecule has 2 aromatic rings. The van der Waals surface area contributed by atoms with Gasteiger partial charge in [-0.2, -0.15) is 5.10 Å². The summed E-state index contributed by atoms with van der Waals surface area (Å²) in [4.78, 5) is 11.9. The van der Waals surface area contributed by atoms with Gasteiger partial charge in [0.2, 0.25) is 5.96 Å². The first-order valence-corrected chi connectivity index (χ1v) is 7.03. The third kappa shape index (κ3) is 4.71. The molecule has 0 aliphatic rings. The Kier molecular flexibility index (Phi) is 5.26. The van der Waals surface area contributed by atoms with Gasteiger partial charge in [0.1, 0.15) is 5.75 Å². The molecule has 0 aliphatic carbocycles. The molecule has 112 valence electrons. The van der Waals surface area contributed by atoms with Crippen LogP contribution in [0.1, 0.15) is 15.9 Å². The van der Waals surface area contributed by atoms with Gasteiger partial charge < -0.3 is 16.2 Å². The maximum Gasteiger partial charge on any atom is 0.343 e. The molecule has 2 rings (SSSR count). The lowest BCUT2D eigenvalue weighted by Crippen LogP contribution is -2.21. The number of esters is 1. The summed E-state index contributed by atoms with van der Waals surface area (Å²) in [5, 5.41) is 7.18. The van der Waals surface area contributed by atoms with E-state index in [0.717, 1.165) is 10.0 Å². The fourth-order valence-electron chi connectivity index (χ4n) is 1.54. The normalized spacial score (nSPS) is 10.4. The number of nitrogens with two attached hydrogens (primary N) is 2. The molecule has 0 spiro atoms. The van der Waals surface area contributed by atoms with Crippen molar-refractivity contribution in [2.24, 2.45) is 21.7 Å². The highest BCUT2D eigenvalue weighted by atomic mass is 79.9. The minimum Gasteiger partial charge on any atom is -0.423 e. The van der Waals surface area contributed by atoms with E-state index in [4.69, 9.17) is 16.2 Å². The lowest BCUT2D eigenvalue weighted by atomic mass is 10.2. The van der Waals surface area contributed by atoms with Gasteiger partial charge >= 0.3 is 5.97 Å². The van der Waals surface area contributed by atoms with Crippen molar-refractivity contribution < 1.29 is 9.53 Å². The SMILES string of the molecule is NC(N)=N/N=C\c1ccc(OC(=O)c2ccc(Br)cc2)cc1. The van der Waals surface area contributed by atoms with Crippen LogP contribution in [-0.2, 0) is 0 Å². The Balaban J connectivity index is 2.02. The predicted octanol–water partition coefficient (Wildman–Crippen LogP) is 2.28. The Bertz CT molecular complexity index is 705. The largest absolute Gasteiger partial charge is 0.423 e. The summed E-state index contributed by atoms with van der Waals surface area (Å²) in [7, 11) is 0. The predicted molar refractivity (Wildman–Crippen MR) is 88.9 cm³/mol. The van der Waals surface area contributed by atoms with Gasteiger partial charge in [0, 0.05) is 4.47 Å². The molecule has 0 atom stereocenters. The van der Waals surface area contributed by atoms with E-state index in [-0.39, 0.29) is 5.96 Å². The molecule has 22 heavy (non-hydrogen) atoms. The number of rotatable bonds is 4. The van der Waals surface area contributed by atoms with Crippen LogP contribution in [0.4, 0.5) is 0 Å². The smallest absolute Gasteiger partial charge is 0.343 e. The van der Waals surface area contributed by atoms with Gasteiger partial charge in [-0.3, -0.25) is 0 Å². The van der Waals surface area contributed by atoms with Gasteiger partial charge in [-0.1, -0.05) is 15.9 Å². The van der Waals surface area contributed by atoms with E-state index < -0.39 is 5.97 Å². The molecular formula is C15H13BrN4O2. The van der Waals surface area contributed by atoms with Gasteiger partial charge in [0.05, 0.1) is 11.8 Å². The molecule has 0 aliphatic heterocycles. The maximum atomic E-state index is 11.9. The van der Waals surface area contributed by atoms with Crippen LogP contribution in [0.5, 0.6) is 5.75 Å². The molecule has 0 saturated carbocycles. The molecule has 2 aromatic carbocycles. The molecular weight excluding hydrogens is 348 g/mol. The lowest BCUT2D eigenvalue weighted by Gasteiger charge is -2.04. The second-order valence-corrected chi connectivity index (χ2v) is 5.15. The molecule has 6 nitrogen and oxygen atoms in total. The number of carbonyl (C=O) groups excluding carboxylic acids is 1. The van der Waals surface area contributed by atoms with Crippen molar-refractivity contribution in [2.45, 2.75) is 0 Å². The van der Waals surface area contributed by atoms with Crippen molar-refractivity contribution in [2.75, 3.05) is 0 Å². The van der Waals surface area contributed by atoms with Gasteiger partial charge in [-0.05, 0) is 54.1 Å². The summed E-state index contributed by atoms with van der Waals surface area (Å²) < 4.78 is 6.17. The van der Waals surface area contributed by atoms with Crippen molar-refractivity contribution in [1.29, 1.82) is 0 Å². The zero-order valence-electron chi connectivity index (χ0n) is 11.4. The number of nitrogens with zero attached hydrogens (tertiary/aromatic N) is 2. The zero-order valence-corrected chi connectivity index (χ0v) is 13.0. The molecule has 0 fully saturated rings. The number of halogens is 1. The van der Waals surface area contributed by atoms with Gasteiger partial charge in [0.15, 0.2) is 0 Å². The van der Waals surface area contributed by atoms with E-state index in [2.05, 4.69) is 26.1 Å². The van der Waals surface area contributed by atoms with Crippen LogP contribution in [0.2, 0.25) is 0 Å². The molecule has 0 amide bonds. The highest BCUT2D eigenvalue weighted by Crippen LogP contribution is 2.15. The topological polar surface area (TPSA) is 103 Å². The Morgan fingerprint density at radius 1 is 1.05 bits per heavy atom. The van der Waals surface area contributed by atoms with E-state index in [1.807, 2.05) is 0 Å². The minimum atomic E-state index is -0.422. The fraction of sp³-hybridized carbons (Fsp3) is 0. The average molecular weight is 361 g/mol. The van der Waals surface area contributed by atoms with E-state index in [0.29, 0.717) is 11.3 Å². The zero-order chi connectivity index (χ0) is 15.9. The Morgan fingerprint density at radius 3 is 2.27 bits per heavy atom. The van der Waals surface area contributed by atoms with Crippen LogP contribution in [0.25, 0.3) is 0 Å². The van der Waals surface area contributed by atoms with Crippen LogP contribution in [0.3, 0.4) is 0 Å². The van der Waals surface area contributed by atoms with E-state index in [1.54, 1.807) is 48.5 Å². The molecule has 0 aromatic heterocycles. The number of carbonyl (C=O) groups is 1. The van der Waals surface area contributed by atoms with Gasteiger partial charge in [0.25, 0.3) is 0 Å². The number of hydrogen-bond donors (Lipinski definition) is 2. The van der Waals surface area contributed by atoms with Crippen molar-refractivity contribution in [3.63, 3.8) is 0 Å². The van der Waals surface area contributed by atoms with Crippen molar-refractivity contribution >= 4 is 34.1 Å². The van der Waals surface area contributed by atoms with Gasteiger partial charge in [-0.25, -0.2) is 4.79 Å². The molecule has 0 heterocycles. The average Bonchev–Trinajstić information content (AvgIpc) is 2.49. The Morgan fingerprint density at radius 2 is 1.68 bits per heavy atom. The van der Waals surface area contributed by atoms with E-state index >= 15 is 0 Å².